The molecule has 0 spiro atoms. The number of hydrogen-bond acceptors (Lipinski definition) is 18. The minimum absolute atomic E-state index is 0.0468. The van der Waals surface area contributed by atoms with Crippen LogP contribution in [-0.2, 0) is 28.8 Å². The number of carboxylic acid groups (broad SMARTS) is 3. The van der Waals surface area contributed by atoms with Crippen LogP contribution in [0.25, 0.3) is 0 Å². The number of ether oxygens (including phenoxy) is 1. The van der Waals surface area contributed by atoms with Crippen molar-refractivity contribution >= 4 is 105 Å². The van der Waals surface area contributed by atoms with Crippen molar-refractivity contribution in [3.05, 3.63) is 22.7 Å². The van der Waals surface area contributed by atoms with E-state index < -0.39 is 81.6 Å². The van der Waals surface area contributed by atoms with Crippen LogP contribution in [-0.4, -0.2) is 116 Å². The first kappa shape index (κ1) is 35.7. The van der Waals surface area contributed by atoms with E-state index in [4.69, 9.17) is 10.6 Å². The summed E-state index contributed by atoms with van der Waals surface area (Å²) in [5.41, 5.74) is 2.25. The van der Waals surface area contributed by atoms with E-state index in [1.807, 2.05) is 0 Å². The molecule has 4 rings (SSSR count). The average molecular weight is 760 g/mol. The van der Waals surface area contributed by atoms with Gasteiger partial charge in [0.25, 0.3) is 17.3 Å². The van der Waals surface area contributed by atoms with Gasteiger partial charge in [-0.15, -0.1) is 35.3 Å². The highest BCUT2D eigenvalue weighted by Gasteiger charge is 2.54. The maximum Gasteiger partial charge on any atom is 0.491 e. The van der Waals surface area contributed by atoms with E-state index in [0.29, 0.717) is 34.8 Å². The van der Waals surface area contributed by atoms with Gasteiger partial charge in [0.05, 0.1) is 4.21 Å². The number of aliphatic carboxylic acids is 2. The lowest BCUT2D eigenvalue weighted by Crippen LogP contribution is -2.71. The van der Waals surface area contributed by atoms with Gasteiger partial charge in [-0.3, -0.25) is 14.5 Å². The van der Waals surface area contributed by atoms with E-state index in [1.54, 1.807) is 0 Å². The number of anilines is 1. The smallest absolute Gasteiger partial charge is 0.478 e. The second-order valence-corrected chi connectivity index (χ2v) is 13.5. The number of carboxylic acids is 3. The number of halogens is 3. The van der Waals surface area contributed by atoms with Crippen molar-refractivity contribution in [2.75, 3.05) is 23.5 Å². The summed E-state index contributed by atoms with van der Waals surface area (Å²) in [6.45, 7) is 0. The molecule has 1 fully saturated rings. The lowest BCUT2D eigenvalue weighted by atomic mass is 10.0. The number of aromatic carboxylic acids is 1. The molecule has 2 aromatic heterocycles. The number of thioether (sulfide) groups is 3. The number of carbonyl (C=O) groups is 6. The minimum atomic E-state index is -5.42. The molecule has 0 radical (unpaired) electrons. The molecule has 252 valence electrons. The predicted molar refractivity (Wildman–Crippen MR) is 158 cm³/mol. The van der Waals surface area contributed by atoms with E-state index in [-0.39, 0.29) is 32.2 Å². The zero-order valence-corrected chi connectivity index (χ0v) is 26.8. The van der Waals surface area contributed by atoms with Gasteiger partial charge in [0, 0.05) is 23.0 Å². The van der Waals surface area contributed by atoms with E-state index >= 15 is 0 Å². The molecule has 0 unspecified atom stereocenters. The van der Waals surface area contributed by atoms with Crippen molar-refractivity contribution in [2.24, 2.45) is 5.16 Å². The first-order valence-electron chi connectivity index (χ1n) is 12.0. The van der Waals surface area contributed by atoms with E-state index in [9.17, 15) is 57.3 Å². The van der Waals surface area contributed by atoms with Crippen molar-refractivity contribution in [3.8, 4) is 5.88 Å². The van der Waals surface area contributed by atoms with Crippen LogP contribution in [0.3, 0.4) is 0 Å². The van der Waals surface area contributed by atoms with Gasteiger partial charge in [-0.25, -0.2) is 19.2 Å². The van der Waals surface area contributed by atoms with Crippen molar-refractivity contribution in [3.63, 3.8) is 0 Å². The van der Waals surface area contributed by atoms with Crippen LogP contribution in [0.5, 0.6) is 5.88 Å². The average Bonchev–Trinajstić information content (AvgIpc) is 3.61. The zero-order valence-electron chi connectivity index (χ0n) is 22.7. The Bertz CT molecular complexity index is 1710. The SMILES string of the molecule is CS[C@@H](O/N=C(\C(=O)N[C@@H]1C(=O)N2C(C(=O)O)=C(CSc3snc(OC(=O)C(F)(F)F)c3C(=O)O)CS[C@@H]12)c1nsc(N)n1)C(=O)O. The molecule has 3 atom stereocenters. The molecular weight excluding hydrogens is 744 g/mol. The Morgan fingerprint density at radius 1 is 1.17 bits per heavy atom. The zero-order chi connectivity index (χ0) is 34.8. The van der Waals surface area contributed by atoms with Gasteiger partial charge < -0.3 is 35.9 Å². The van der Waals surface area contributed by atoms with Gasteiger partial charge in [0.2, 0.25) is 17.4 Å². The Morgan fingerprint density at radius 2 is 1.87 bits per heavy atom. The number of fused-ring (bicyclic) bond motifs is 1. The fraction of sp³-hybridized carbons (Fsp3) is 0.333. The van der Waals surface area contributed by atoms with Gasteiger partial charge in [0.1, 0.15) is 22.7 Å². The van der Waals surface area contributed by atoms with E-state index in [2.05, 4.69) is 28.9 Å². The molecule has 47 heavy (non-hydrogen) atoms. The van der Waals surface area contributed by atoms with Crippen LogP contribution < -0.4 is 15.8 Å². The third-order valence-electron chi connectivity index (χ3n) is 5.70. The summed E-state index contributed by atoms with van der Waals surface area (Å²) in [7, 11) is 0. The Hall–Kier alpha value is -4.14. The summed E-state index contributed by atoms with van der Waals surface area (Å²) in [5.74, 6) is -11.1. The van der Waals surface area contributed by atoms with Gasteiger partial charge in [0.15, 0.2) is 5.13 Å². The number of β-lactam (4-membered cyclic amide) rings is 1. The number of carbonyl (C=O) groups excluding carboxylic acids is 3. The number of oxime groups is 1. The van der Waals surface area contributed by atoms with Crippen LogP contribution in [0.1, 0.15) is 16.2 Å². The molecule has 0 aliphatic carbocycles. The van der Waals surface area contributed by atoms with E-state index in [1.165, 1.54) is 6.26 Å². The lowest BCUT2D eigenvalue weighted by molar-refractivity contribution is -0.189. The number of alkyl halides is 3. The van der Waals surface area contributed by atoms with Gasteiger partial charge in [-0.2, -0.15) is 26.9 Å². The number of nitrogen functional groups attached to an aromatic ring is 1. The summed E-state index contributed by atoms with van der Waals surface area (Å²) in [6, 6.07) is -1.29. The van der Waals surface area contributed by atoms with Crippen molar-refractivity contribution < 1.29 is 66.8 Å². The molecule has 2 aromatic rings. The molecule has 0 aromatic carbocycles. The first-order chi connectivity index (χ1) is 22.0. The Morgan fingerprint density at radius 3 is 2.43 bits per heavy atom. The third-order valence-corrected chi connectivity index (χ3v) is 10.5. The monoisotopic (exact) mass is 759 g/mol. The number of nitrogens with one attached hydrogen (secondary N) is 1. The highest BCUT2D eigenvalue weighted by atomic mass is 32.2. The molecule has 2 amide bonds. The maximum absolute atomic E-state index is 13.1. The van der Waals surface area contributed by atoms with Crippen molar-refractivity contribution in [2.45, 2.75) is 27.2 Å². The summed E-state index contributed by atoms with van der Waals surface area (Å²) < 4.78 is 49.0. The van der Waals surface area contributed by atoms with Crippen molar-refractivity contribution in [1.82, 2.24) is 23.9 Å². The Balaban J connectivity index is 1.52. The fourth-order valence-corrected chi connectivity index (χ4v) is 7.88. The molecule has 18 nitrogen and oxygen atoms in total. The number of amides is 2. The summed E-state index contributed by atoms with van der Waals surface area (Å²) in [5, 5.41) is 33.5. The summed E-state index contributed by atoms with van der Waals surface area (Å²) >= 11 is 3.54. The van der Waals surface area contributed by atoms with Crippen LogP contribution in [0.4, 0.5) is 18.3 Å². The second kappa shape index (κ2) is 14.3. The lowest BCUT2D eigenvalue weighted by Gasteiger charge is -2.49. The topological polar surface area (TPSA) is 274 Å². The minimum Gasteiger partial charge on any atom is -0.478 e. The summed E-state index contributed by atoms with van der Waals surface area (Å²) in [6.07, 6.45) is -4.01. The molecule has 1 saturated heterocycles. The van der Waals surface area contributed by atoms with Crippen LogP contribution in [0, 0.1) is 0 Å². The molecule has 2 aliphatic heterocycles. The molecular formula is C21H16F3N7O11S5. The molecule has 2 aliphatic rings. The Labute approximate surface area is 279 Å². The molecule has 0 saturated carbocycles. The highest BCUT2D eigenvalue weighted by molar-refractivity contribution is 8.02. The number of nitrogens with zero attached hydrogens (tertiary/aromatic N) is 5. The number of hydrogen-bond donors (Lipinski definition) is 5. The van der Waals surface area contributed by atoms with Crippen LogP contribution in [0.15, 0.2) is 20.6 Å². The standard InChI is InChI=1S/C21H16F3N7O11S5/c1-43-17(16(38)39)42-28-6(9-27-20(25)47-29-9)10(32)26-7-12(33)31-8(15(36)37)4(2-44-13(7)31)3-45-18-5(14(34)35)11(30-46-18)41-19(40)21(22,23)24/h7,13,17H,2-3H2,1H3,(H,26,32)(H,34,35)(H,36,37)(H,38,39)(H2,25,27,29)/b28-6-/t7-,13+,17-/m1/s1. The normalized spacial score (nSPS) is 18.6. The van der Waals surface area contributed by atoms with Gasteiger partial charge in [-0.05, 0) is 23.4 Å². The number of rotatable bonds is 13. The number of aromatic nitrogens is 3. The van der Waals surface area contributed by atoms with E-state index in [0.717, 1.165) is 28.4 Å². The highest BCUT2D eigenvalue weighted by Crippen LogP contribution is 2.43. The molecule has 4 heterocycles. The molecule has 0 bridgehead atoms. The number of esters is 1. The largest absolute Gasteiger partial charge is 0.491 e. The van der Waals surface area contributed by atoms with Crippen molar-refractivity contribution in [1.29, 1.82) is 0 Å². The number of nitrogens with two attached hydrogens (primary N) is 1. The molecule has 6 N–H and O–H groups in total. The quantitative estimate of drug-likeness (QED) is 0.0471. The van der Waals surface area contributed by atoms with Crippen LogP contribution >= 0.6 is 58.4 Å². The van der Waals surface area contributed by atoms with Gasteiger partial charge in [-0.1, -0.05) is 5.16 Å². The van der Waals surface area contributed by atoms with Crippen LogP contribution in [0.2, 0.25) is 0 Å². The first-order valence-corrected chi connectivity index (χ1v) is 16.9. The predicted octanol–water partition coefficient (Wildman–Crippen LogP) is 0.768. The third kappa shape index (κ3) is 7.71. The molecule has 26 heteroatoms. The van der Waals surface area contributed by atoms with Gasteiger partial charge >= 0.3 is 30.1 Å². The fourth-order valence-electron chi connectivity index (χ4n) is 3.72. The Kier molecular flexibility index (Phi) is 10.9. The maximum atomic E-state index is 13.1. The summed E-state index contributed by atoms with van der Waals surface area (Å²) in [4.78, 5) is 82.3. The second-order valence-electron chi connectivity index (χ2n) is 8.66.